The third-order valence-corrected chi connectivity index (χ3v) is 2.73. The fourth-order valence-corrected chi connectivity index (χ4v) is 1.65. The van der Waals surface area contributed by atoms with Gasteiger partial charge in [0.25, 0.3) is 5.91 Å². The predicted octanol–water partition coefficient (Wildman–Crippen LogP) is -0.313. The van der Waals surface area contributed by atoms with E-state index in [1.807, 2.05) is 0 Å². The lowest BCUT2D eigenvalue weighted by atomic mass is 10.1. The molecular weight excluding hydrogens is 228 g/mol. The van der Waals surface area contributed by atoms with Crippen LogP contribution in [-0.2, 0) is 4.79 Å². The van der Waals surface area contributed by atoms with Crippen molar-refractivity contribution >= 4 is 17.3 Å². The van der Waals surface area contributed by atoms with Gasteiger partial charge in [-0.05, 0) is 19.1 Å². The number of aliphatic hydroxyl groups excluding tert-OH is 1. The van der Waals surface area contributed by atoms with E-state index in [2.05, 4.69) is 0 Å². The predicted molar refractivity (Wildman–Crippen MR) is 56.6 cm³/mol. The van der Waals surface area contributed by atoms with E-state index in [4.69, 9.17) is 0 Å². The Labute approximate surface area is 96.7 Å². The molecule has 0 spiro atoms. The normalized spacial score (nSPS) is 29.0. The molecule has 0 saturated heterocycles. The Morgan fingerprint density at radius 2 is 1.76 bits per heavy atom. The minimum atomic E-state index is -2.23. The first-order valence-electron chi connectivity index (χ1n) is 4.89. The molecule has 1 aliphatic heterocycles. The summed E-state index contributed by atoms with van der Waals surface area (Å²) in [5.74, 6) is -1.13. The maximum absolute atomic E-state index is 11.6. The van der Waals surface area contributed by atoms with Gasteiger partial charge >= 0.3 is 0 Å². The zero-order chi connectivity index (χ0) is 12.8. The van der Waals surface area contributed by atoms with Crippen LogP contribution in [0.4, 0.5) is 11.4 Å². The third-order valence-electron chi connectivity index (χ3n) is 2.73. The molecule has 1 aromatic rings. The topological polar surface area (TPSA) is 104 Å². The number of carbonyl (C=O) groups is 1. The number of rotatable bonds is 0. The van der Waals surface area contributed by atoms with E-state index in [0.717, 1.165) is 6.92 Å². The number of hydrogen-bond donors (Lipinski definition) is 4. The first kappa shape index (κ1) is 11.8. The van der Waals surface area contributed by atoms with E-state index in [1.54, 1.807) is 6.07 Å². The number of anilines is 2. The van der Waals surface area contributed by atoms with Crippen molar-refractivity contribution in [3.63, 3.8) is 0 Å². The summed E-state index contributed by atoms with van der Waals surface area (Å²) in [4.78, 5) is 11.6. The first-order chi connectivity index (χ1) is 7.87. The number of benzene rings is 1. The van der Waals surface area contributed by atoms with E-state index in [1.165, 1.54) is 18.2 Å². The van der Waals surface area contributed by atoms with Crippen molar-refractivity contribution in [3.05, 3.63) is 24.3 Å². The van der Waals surface area contributed by atoms with E-state index >= 15 is 0 Å². The van der Waals surface area contributed by atoms with E-state index in [-0.39, 0.29) is 16.4 Å². The van der Waals surface area contributed by atoms with Gasteiger partial charge < -0.3 is 10.2 Å². The molecule has 0 radical (unpaired) electrons. The first-order valence-corrected chi connectivity index (χ1v) is 4.89. The van der Waals surface area contributed by atoms with Gasteiger partial charge in [-0.1, -0.05) is 12.1 Å². The average Bonchev–Trinajstić information content (AvgIpc) is 2.38. The summed E-state index contributed by atoms with van der Waals surface area (Å²) in [5, 5.41) is 39.5. The molecule has 17 heavy (non-hydrogen) atoms. The van der Waals surface area contributed by atoms with Gasteiger partial charge in [0, 0.05) is 0 Å². The molecule has 0 aromatic heterocycles. The molecule has 4 N–H and O–H groups in total. The molecule has 92 valence electrons. The summed E-state index contributed by atoms with van der Waals surface area (Å²) < 4.78 is 0. The minimum Gasteiger partial charge on any atom is -0.379 e. The third kappa shape index (κ3) is 1.56. The molecule has 2 atom stereocenters. The van der Waals surface area contributed by atoms with Crippen molar-refractivity contribution in [3.8, 4) is 0 Å². The molecule has 1 aromatic carbocycles. The molecule has 7 heteroatoms. The number of hydrogen-bond acceptors (Lipinski definition) is 6. The molecule has 1 aliphatic rings. The van der Waals surface area contributed by atoms with Crippen molar-refractivity contribution in [1.82, 2.24) is 0 Å². The van der Waals surface area contributed by atoms with Gasteiger partial charge in [-0.3, -0.25) is 15.2 Å². The van der Waals surface area contributed by atoms with Crippen LogP contribution in [-0.4, -0.2) is 38.4 Å². The molecule has 7 nitrogen and oxygen atoms in total. The molecular formula is C10H12N2O5. The van der Waals surface area contributed by atoms with Gasteiger partial charge in [0.05, 0.1) is 11.4 Å². The summed E-state index contributed by atoms with van der Waals surface area (Å²) in [5.41, 5.74) is -2.26. The summed E-state index contributed by atoms with van der Waals surface area (Å²) in [6.45, 7) is 1.06. The Morgan fingerprint density at radius 3 is 2.35 bits per heavy atom. The Bertz CT molecular complexity index is 462. The Kier molecular flexibility index (Phi) is 2.55. The fourth-order valence-electron chi connectivity index (χ4n) is 1.65. The summed E-state index contributed by atoms with van der Waals surface area (Å²) in [7, 11) is 0. The lowest BCUT2D eigenvalue weighted by molar-refractivity contribution is -0.153. The number of aliphatic hydroxyl groups is 2. The van der Waals surface area contributed by atoms with Crippen molar-refractivity contribution < 1.29 is 25.4 Å². The maximum atomic E-state index is 11.6. The monoisotopic (exact) mass is 240 g/mol. The van der Waals surface area contributed by atoms with E-state index < -0.39 is 17.7 Å². The number of para-hydroxylation sites is 2. The van der Waals surface area contributed by atoms with Crippen LogP contribution in [0, 0.1) is 0 Å². The summed E-state index contributed by atoms with van der Waals surface area (Å²) >= 11 is 0. The highest BCUT2D eigenvalue weighted by Crippen LogP contribution is 2.36. The fraction of sp³-hybridized carbons (Fsp3) is 0.300. The zero-order valence-electron chi connectivity index (χ0n) is 8.98. The van der Waals surface area contributed by atoms with Gasteiger partial charge in [-0.15, -0.1) is 0 Å². The Balaban J connectivity index is 2.65. The number of hydroxylamine groups is 2. The summed E-state index contributed by atoms with van der Waals surface area (Å²) in [6.07, 6.45) is -1.98. The number of fused-ring (bicyclic) bond motifs is 1. The molecule has 1 heterocycles. The molecule has 0 aliphatic carbocycles. The van der Waals surface area contributed by atoms with Crippen LogP contribution in [0.5, 0.6) is 0 Å². The van der Waals surface area contributed by atoms with Crippen LogP contribution >= 0.6 is 0 Å². The van der Waals surface area contributed by atoms with Crippen molar-refractivity contribution in [1.29, 1.82) is 0 Å². The second kappa shape index (κ2) is 3.67. The Morgan fingerprint density at radius 1 is 1.24 bits per heavy atom. The van der Waals surface area contributed by atoms with Gasteiger partial charge in [0.2, 0.25) is 0 Å². The van der Waals surface area contributed by atoms with Gasteiger partial charge in [0.15, 0.2) is 11.8 Å². The van der Waals surface area contributed by atoms with Crippen LogP contribution in [0.3, 0.4) is 0 Å². The average molecular weight is 240 g/mol. The largest absolute Gasteiger partial charge is 0.379 e. The van der Waals surface area contributed by atoms with Crippen molar-refractivity contribution in [2.75, 3.05) is 10.1 Å². The van der Waals surface area contributed by atoms with Gasteiger partial charge in [-0.25, -0.2) is 5.06 Å². The number of amides is 1. The quantitative estimate of drug-likeness (QED) is 0.464. The molecule has 2 rings (SSSR count). The smallest absolute Gasteiger partial charge is 0.284 e. The molecule has 0 bridgehead atoms. The molecule has 0 fully saturated rings. The summed E-state index contributed by atoms with van der Waals surface area (Å²) in [6, 6.07) is 5.84. The maximum Gasteiger partial charge on any atom is 0.284 e. The van der Waals surface area contributed by atoms with Crippen LogP contribution in [0.15, 0.2) is 24.3 Å². The zero-order valence-corrected chi connectivity index (χ0v) is 8.98. The van der Waals surface area contributed by atoms with Crippen LogP contribution < -0.4 is 10.1 Å². The number of nitrogens with zero attached hydrogens (tertiary/aromatic N) is 2. The molecule has 0 saturated carbocycles. The van der Waals surface area contributed by atoms with Crippen molar-refractivity contribution in [2.45, 2.75) is 18.8 Å². The van der Waals surface area contributed by atoms with Crippen LogP contribution in [0.25, 0.3) is 0 Å². The lowest BCUT2D eigenvalue weighted by Crippen LogP contribution is -2.57. The lowest BCUT2D eigenvalue weighted by Gasteiger charge is -2.33. The Hall–Kier alpha value is -1.67. The van der Waals surface area contributed by atoms with Crippen LogP contribution in [0.1, 0.15) is 6.92 Å². The molecule has 1 amide bonds. The second-order valence-electron chi connectivity index (χ2n) is 3.95. The highest BCUT2D eigenvalue weighted by Gasteiger charge is 2.47. The minimum absolute atomic E-state index is 0.00454. The van der Waals surface area contributed by atoms with Crippen molar-refractivity contribution in [2.24, 2.45) is 0 Å². The van der Waals surface area contributed by atoms with Gasteiger partial charge in [-0.2, -0.15) is 5.06 Å². The molecule has 1 unspecified atom stereocenters. The highest BCUT2D eigenvalue weighted by atomic mass is 16.6. The highest BCUT2D eigenvalue weighted by molar-refractivity contribution is 5.99. The standard InChI is InChI=1S/C10H12N2O5/c1-10(15)8(13)9(14)11(16)6-4-2-3-5-7(6)12(10)17/h2-5,8,13,15-17H,1H3/t8?,10-/m0/s1. The van der Waals surface area contributed by atoms with E-state index in [0.29, 0.717) is 5.06 Å². The van der Waals surface area contributed by atoms with E-state index in [9.17, 15) is 25.4 Å². The van der Waals surface area contributed by atoms with Crippen LogP contribution in [0.2, 0.25) is 0 Å². The second-order valence-corrected chi connectivity index (χ2v) is 3.95. The SMILES string of the molecule is C[C@]1(O)C(O)C(=O)N(O)c2ccccc2N1O. The number of carbonyl (C=O) groups excluding carboxylic acids is 1. The van der Waals surface area contributed by atoms with Gasteiger partial charge in [0.1, 0.15) is 0 Å².